The number of aromatic nitrogens is 2. The third-order valence-electron chi connectivity index (χ3n) is 6.07. The molecule has 0 saturated carbocycles. The number of carbonyl (C=O) groups is 2. The Morgan fingerprint density at radius 1 is 0.812 bits per heavy atom. The monoisotopic (exact) mass is 669 g/mol. The smallest absolute Gasteiger partial charge is 0.342 e. The van der Waals surface area contributed by atoms with Gasteiger partial charge >= 0.3 is 11.9 Å². The number of aliphatic hydroxyl groups excluding tert-OH is 1. The van der Waals surface area contributed by atoms with E-state index in [4.69, 9.17) is 44.1 Å². The van der Waals surface area contributed by atoms with E-state index in [1.165, 1.54) is 18.2 Å². The number of nitrogens with zero attached hydrogens (tertiary/aromatic N) is 2. The van der Waals surface area contributed by atoms with Gasteiger partial charge in [0.15, 0.2) is 34.5 Å². The zero-order valence-electron chi connectivity index (χ0n) is 27.7. The molecule has 5 aromatic rings. The molecule has 13 nitrogen and oxygen atoms in total. The fourth-order valence-electron chi connectivity index (χ4n) is 4.14. The molecule has 0 aliphatic rings. The highest BCUT2D eigenvalue weighted by molar-refractivity contribution is 6.01. The number of benzene rings is 3. The number of hydrogen-bond acceptors (Lipinski definition) is 12. The lowest BCUT2D eigenvalue weighted by Gasteiger charge is -2.23. The molecule has 0 saturated heterocycles. The van der Waals surface area contributed by atoms with Crippen LogP contribution >= 0.6 is 0 Å². The number of nitrogens with two attached hydrogens (primary N) is 1. The van der Waals surface area contributed by atoms with Crippen LogP contribution in [-0.4, -0.2) is 62.8 Å². The molecule has 0 amide bonds. The number of para-hydroxylation sites is 3. The molecule has 0 aliphatic heterocycles. The first-order valence-corrected chi connectivity index (χ1v) is 14.9. The van der Waals surface area contributed by atoms with Crippen LogP contribution in [-0.2, 0) is 20.8 Å². The van der Waals surface area contributed by atoms with Gasteiger partial charge in [-0.3, -0.25) is 0 Å². The van der Waals surface area contributed by atoms with Gasteiger partial charge in [-0.2, -0.15) is 0 Å². The Hall–Kier alpha value is -4.98. The molecule has 0 bridgehead atoms. The quantitative estimate of drug-likeness (QED) is 0.0567. The molecule has 0 fully saturated rings. The third kappa shape index (κ3) is 12.0. The van der Waals surface area contributed by atoms with Crippen molar-refractivity contribution in [1.82, 2.24) is 9.97 Å². The van der Waals surface area contributed by atoms with E-state index in [2.05, 4.69) is 9.97 Å². The highest BCUT2D eigenvalue weighted by Gasteiger charge is 2.16. The molecule has 3 aromatic carbocycles. The van der Waals surface area contributed by atoms with Gasteiger partial charge in [-0.25, -0.2) is 19.6 Å². The molecule has 0 unspecified atom stereocenters. The van der Waals surface area contributed by atoms with Crippen LogP contribution in [0.3, 0.4) is 0 Å². The van der Waals surface area contributed by atoms with Gasteiger partial charge in [0.25, 0.3) is 0 Å². The molecule has 2 heterocycles. The predicted octanol–water partition coefficient (Wildman–Crippen LogP) is 7.05. The number of fused-ring (bicyclic) bond motifs is 2. The summed E-state index contributed by atoms with van der Waals surface area (Å²) in [5, 5.41) is 26.5. The molecule has 2 aromatic heterocycles. The number of oxazole rings is 2. The minimum absolute atomic E-state index is 0. The largest absolute Gasteiger partial charge is 0.505 e. The van der Waals surface area contributed by atoms with Gasteiger partial charge in [-0.1, -0.05) is 31.7 Å². The SMILES string of the molecule is C.CCOC(=O)c1cccc2nc(C)oc12.CCOC(C)(C)OCC.Cc1nc2cccc(CO)c2o1.Nc1cccc(C(=O)O)c1O. The molecule has 5 rings (SSSR count). The lowest BCUT2D eigenvalue weighted by molar-refractivity contribution is -0.207. The first-order valence-electron chi connectivity index (χ1n) is 14.9. The summed E-state index contributed by atoms with van der Waals surface area (Å²) in [5.41, 5.74) is 9.02. The van der Waals surface area contributed by atoms with Crippen molar-refractivity contribution in [3.8, 4) is 5.75 Å². The number of carbonyl (C=O) groups excluding carboxylic acids is 1. The van der Waals surface area contributed by atoms with Crippen molar-refractivity contribution in [2.45, 2.75) is 68.3 Å². The Morgan fingerprint density at radius 2 is 1.31 bits per heavy atom. The zero-order chi connectivity index (χ0) is 35.1. The average molecular weight is 670 g/mol. The number of anilines is 1. The molecule has 0 radical (unpaired) electrons. The number of carboxylic acids is 1. The number of aliphatic hydroxyl groups is 1. The van der Waals surface area contributed by atoms with E-state index in [-0.39, 0.29) is 37.0 Å². The van der Waals surface area contributed by atoms with Crippen molar-refractivity contribution in [2.24, 2.45) is 0 Å². The van der Waals surface area contributed by atoms with E-state index < -0.39 is 11.8 Å². The van der Waals surface area contributed by atoms with Gasteiger partial charge in [0.05, 0.1) is 18.9 Å². The van der Waals surface area contributed by atoms with E-state index in [1.54, 1.807) is 39.0 Å². The van der Waals surface area contributed by atoms with Gasteiger partial charge in [-0.05, 0) is 65.0 Å². The van der Waals surface area contributed by atoms with Gasteiger partial charge < -0.3 is 44.1 Å². The van der Waals surface area contributed by atoms with E-state index in [0.29, 0.717) is 53.8 Å². The Kier molecular flexibility index (Phi) is 16.8. The summed E-state index contributed by atoms with van der Waals surface area (Å²) >= 11 is 0. The van der Waals surface area contributed by atoms with E-state index >= 15 is 0 Å². The minimum atomic E-state index is -1.19. The van der Waals surface area contributed by atoms with E-state index in [1.807, 2.05) is 45.9 Å². The number of esters is 1. The summed E-state index contributed by atoms with van der Waals surface area (Å²) in [7, 11) is 0. The number of aromatic hydroxyl groups is 1. The van der Waals surface area contributed by atoms with Crippen LogP contribution in [0.15, 0.2) is 63.4 Å². The van der Waals surface area contributed by atoms with Gasteiger partial charge in [0, 0.05) is 32.6 Å². The van der Waals surface area contributed by atoms with Gasteiger partial charge in [0.2, 0.25) is 0 Å². The molecule has 0 spiro atoms. The first kappa shape index (κ1) is 41.0. The highest BCUT2D eigenvalue weighted by Crippen LogP contribution is 2.24. The summed E-state index contributed by atoms with van der Waals surface area (Å²) < 4.78 is 26.1. The van der Waals surface area contributed by atoms with Crippen molar-refractivity contribution in [3.63, 3.8) is 0 Å². The van der Waals surface area contributed by atoms with Crippen molar-refractivity contribution >= 4 is 39.8 Å². The minimum Gasteiger partial charge on any atom is -0.505 e. The number of aromatic carboxylic acids is 1. The van der Waals surface area contributed by atoms with Crippen LogP contribution < -0.4 is 5.73 Å². The second-order valence-electron chi connectivity index (χ2n) is 10.1. The number of aryl methyl sites for hydroxylation is 2. The van der Waals surface area contributed by atoms with Gasteiger partial charge in [0.1, 0.15) is 22.2 Å². The highest BCUT2D eigenvalue weighted by atomic mass is 16.7. The topological polar surface area (TPSA) is 201 Å². The average Bonchev–Trinajstić information content (AvgIpc) is 3.60. The predicted molar refractivity (Wildman–Crippen MR) is 183 cm³/mol. The maximum atomic E-state index is 11.6. The lowest BCUT2D eigenvalue weighted by atomic mass is 10.2. The fourth-order valence-corrected chi connectivity index (χ4v) is 4.14. The van der Waals surface area contributed by atoms with Crippen LogP contribution in [0.5, 0.6) is 5.75 Å². The van der Waals surface area contributed by atoms with Crippen LogP contribution in [0.4, 0.5) is 5.69 Å². The molecule has 0 atom stereocenters. The standard InChI is InChI=1S/C11H11NO3.C9H9NO2.C7H7NO3.C7H16O2.CH4/c1-3-14-11(13)8-5-4-6-9-10(8)15-7(2)12-9;1-6-10-8-4-2-3-7(5-11)9(8)12-6;8-5-3-1-2-4(6(5)9)7(10)11;1-5-8-7(3,4)9-6-2;/h4-6H,3H2,1-2H3;2-4,11H,5H2,1H3;1-3,9H,8H2,(H,10,11);5-6H2,1-4H3;1H4. The second-order valence-corrected chi connectivity index (χ2v) is 10.1. The normalized spacial score (nSPS) is 10.4. The lowest BCUT2D eigenvalue weighted by Crippen LogP contribution is -2.28. The van der Waals surface area contributed by atoms with Crippen LogP contribution in [0.1, 0.15) is 80.1 Å². The van der Waals surface area contributed by atoms with Crippen molar-refractivity contribution in [2.75, 3.05) is 25.6 Å². The molecule has 5 N–H and O–H groups in total. The Balaban J connectivity index is 0.000000324. The molecular formula is C35H47N3O10. The summed E-state index contributed by atoms with van der Waals surface area (Å²) in [5.74, 6) is -1.16. The molecule has 13 heteroatoms. The van der Waals surface area contributed by atoms with Crippen LogP contribution in [0, 0.1) is 13.8 Å². The van der Waals surface area contributed by atoms with Crippen molar-refractivity contribution in [3.05, 3.63) is 83.1 Å². The summed E-state index contributed by atoms with van der Waals surface area (Å²) in [6.45, 7) is 14.8. The second kappa shape index (κ2) is 19.6. The van der Waals surface area contributed by atoms with Crippen molar-refractivity contribution in [1.29, 1.82) is 0 Å². The Bertz CT molecular complexity index is 1740. The van der Waals surface area contributed by atoms with Gasteiger partial charge in [-0.15, -0.1) is 0 Å². The molecular weight excluding hydrogens is 622 g/mol. The number of phenols is 1. The Morgan fingerprint density at radius 3 is 1.81 bits per heavy atom. The summed E-state index contributed by atoms with van der Waals surface area (Å²) in [4.78, 5) is 30.2. The fraction of sp³-hybridized carbons (Fsp3) is 0.371. The number of rotatable bonds is 8. The molecule has 0 aliphatic carbocycles. The van der Waals surface area contributed by atoms with E-state index in [0.717, 1.165) is 11.1 Å². The Labute approximate surface area is 280 Å². The summed E-state index contributed by atoms with van der Waals surface area (Å²) in [6, 6.07) is 15.0. The molecule has 48 heavy (non-hydrogen) atoms. The number of ether oxygens (including phenoxy) is 3. The van der Waals surface area contributed by atoms with E-state index in [9.17, 15) is 9.59 Å². The summed E-state index contributed by atoms with van der Waals surface area (Å²) in [6.07, 6.45) is 0. The van der Waals surface area contributed by atoms with Crippen LogP contribution in [0.25, 0.3) is 22.2 Å². The molecule has 262 valence electrons. The zero-order valence-corrected chi connectivity index (χ0v) is 27.7. The number of hydrogen-bond donors (Lipinski definition) is 4. The van der Waals surface area contributed by atoms with Crippen LogP contribution in [0.2, 0.25) is 0 Å². The maximum Gasteiger partial charge on any atom is 0.342 e. The maximum absolute atomic E-state index is 11.6. The number of carboxylic acid groups (broad SMARTS) is 1. The first-order chi connectivity index (χ1) is 22.3. The van der Waals surface area contributed by atoms with Crippen molar-refractivity contribution < 1.29 is 48.0 Å². The third-order valence-corrected chi connectivity index (χ3v) is 6.07. The number of nitrogen functional groups attached to an aromatic ring is 1.